The molecule has 2 amide bonds. The molecule has 1 saturated carbocycles. The molecule has 0 spiro atoms. The Balaban J connectivity index is 1.31. The Bertz CT molecular complexity index is 2500. The minimum absolute atomic E-state index is 0.0236. The number of carbonyl (C=O) groups is 2. The van der Waals surface area contributed by atoms with Gasteiger partial charge >= 0.3 is 12.2 Å². The van der Waals surface area contributed by atoms with E-state index in [9.17, 15) is 19.8 Å². The zero-order chi connectivity index (χ0) is 49.0. The number of oxime groups is 1. The highest BCUT2D eigenvalue weighted by atomic mass is 16.8. The lowest BCUT2D eigenvalue weighted by Crippen LogP contribution is -2.70. The summed E-state index contributed by atoms with van der Waals surface area (Å²) in [6, 6.07) is 23.7. The predicted molar refractivity (Wildman–Crippen MR) is 265 cm³/mol. The average Bonchev–Trinajstić information content (AvgIpc) is 3.38. The van der Waals surface area contributed by atoms with Crippen molar-refractivity contribution in [3.63, 3.8) is 0 Å². The van der Waals surface area contributed by atoms with E-state index in [1.807, 2.05) is 30.3 Å². The lowest BCUT2D eigenvalue weighted by atomic mass is 9.55. The second-order valence-electron chi connectivity index (χ2n) is 18.2. The number of nitrogens with one attached hydrogen (secondary N) is 1. The number of hydrogen-bond acceptors (Lipinski definition) is 13. The standard InChI is InChI=1S/C55H67N3O12/c1-5-29-67-55-49(58(54(62)65-6-2)35-38-19-15-18-36-16-7-8-20-41(36)38)34-46(57-70-50-22-11-14-30-66-50)43-31-37(17-9-12-27-59)42(21-10-13-28-60)51(52(43)55)44-32-40(24-26-47(44)69-55)68-53(61)56-45-25-23-39(63-3)33-48(45)64-4/h5,7-8,15-16,18-20,23-26,31-33,37,42,49-52,59-60H,1,6,9-14,17,21-22,27-30,34-35H2,2-4H3,(H,56,61)/t37-,42+,49-,50?,51+,52+,55+/m0/s1. The van der Waals surface area contributed by atoms with Crippen LogP contribution in [0.25, 0.3) is 10.8 Å². The van der Waals surface area contributed by atoms with Gasteiger partial charge in [-0.3, -0.25) is 10.2 Å². The van der Waals surface area contributed by atoms with E-state index >= 15 is 0 Å². The second-order valence-corrected chi connectivity index (χ2v) is 18.2. The van der Waals surface area contributed by atoms with Crippen molar-refractivity contribution in [1.82, 2.24) is 4.90 Å². The SMILES string of the molecule is C=CCO[C@@]12Oc3ccc(OC(=O)Nc4ccc(OC)cc4OC)cc3[C@H]3[C@H](CCCCO)[C@@H](CCCCO)C=C(C(=NOC4CCCCO4)C[C@@H]1N(Cc1cccc4ccccc14)C(=O)OCC)[C@H]32. The molecule has 4 aromatic carbocycles. The maximum absolute atomic E-state index is 14.8. The number of carbonyl (C=O) groups excluding carboxylic acids is 2. The van der Waals surface area contributed by atoms with E-state index in [4.69, 9.17) is 43.2 Å². The van der Waals surface area contributed by atoms with Crippen molar-refractivity contribution in [3.05, 3.63) is 114 Å². The molecule has 0 aromatic heterocycles. The summed E-state index contributed by atoms with van der Waals surface area (Å²) in [6.07, 6.45) is 9.08. The van der Waals surface area contributed by atoms with Gasteiger partial charge in [-0.15, -0.1) is 6.58 Å². The van der Waals surface area contributed by atoms with Crippen molar-refractivity contribution < 1.29 is 57.8 Å². The lowest BCUT2D eigenvalue weighted by Gasteiger charge is -2.60. The smallest absolute Gasteiger partial charge is 0.417 e. The molecule has 2 heterocycles. The van der Waals surface area contributed by atoms with Crippen molar-refractivity contribution in [2.45, 2.75) is 102 Å². The third-order valence-electron chi connectivity index (χ3n) is 14.0. The zero-order valence-corrected chi connectivity index (χ0v) is 40.5. The number of fused-ring (bicyclic) bond motifs is 3. The van der Waals surface area contributed by atoms with Gasteiger partial charge in [-0.2, -0.15) is 0 Å². The molecule has 3 N–H and O–H groups in total. The number of benzene rings is 4. The van der Waals surface area contributed by atoms with Gasteiger partial charge in [0.1, 0.15) is 29.0 Å². The molecular formula is C55H67N3O12. The molecule has 0 radical (unpaired) electrons. The topological polar surface area (TPSA) is 176 Å². The highest BCUT2D eigenvalue weighted by Gasteiger charge is 2.66. The first-order chi connectivity index (χ1) is 34.2. The molecule has 8 rings (SSSR count). The Morgan fingerprint density at radius 1 is 0.943 bits per heavy atom. The van der Waals surface area contributed by atoms with E-state index in [2.05, 4.69) is 36.2 Å². The van der Waals surface area contributed by atoms with Crippen molar-refractivity contribution in [2.75, 3.05) is 52.6 Å². The first-order valence-corrected chi connectivity index (χ1v) is 24.7. The lowest BCUT2D eigenvalue weighted by molar-refractivity contribution is -0.256. The first kappa shape index (κ1) is 50.3. The third kappa shape index (κ3) is 10.9. The number of amides is 2. The van der Waals surface area contributed by atoms with Gasteiger partial charge in [0.05, 0.1) is 57.9 Å². The molecule has 2 aliphatic carbocycles. The van der Waals surface area contributed by atoms with Crippen LogP contribution in [0.3, 0.4) is 0 Å². The molecule has 1 saturated heterocycles. The highest BCUT2D eigenvalue weighted by molar-refractivity contribution is 6.03. The largest absolute Gasteiger partial charge is 0.497 e. The molecule has 70 heavy (non-hydrogen) atoms. The maximum atomic E-state index is 14.8. The van der Waals surface area contributed by atoms with E-state index in [0.29, 0.717) is 54.5 Å². The normalized spacial score (nSPS) is 24.0. The number of nitrogens with zero attached hydrogens (tertiary/aromatic N) is 2. The number of methoxy groups -OCH3 is 2. The van der Waals surface area contributed by atoms with Crippen LogP contribution >= 0.6 is 0 Å². The maximum Gasteiger partial charge on any atom is 0.417 e. The Labute approximate surface area is 410 Å². The summed E-state index contributed by atoms with van der Waals surface area (Å²) in [4.78, 5) is 36.6. The van der Waals surface area contributed by atoms with Crippen LogP contribution in [0, 0.1) is 17.8 Å². The number of aliphatic hydroxyl groups is 2. The summed E-state index contributed by atoms with van der Waals surface area (Å²) in [5.74, 6) is -0.896. The number of rotatable bonds is 21. The number of anilines is 1. The van der Waals surface area contributed by atoms with Crippen LogP contribution in [0.4, 0.5) is 15.3 Å². The summed E-state index contributed by atoms with van der Waals surface area (Å²) < 4.78 is 43.5. The van der Waals surface area contributed by atoms with Gasteiger partial charge in [0, 0.05) is 43.6 Å². The van der Waals surface area contributed by atoms with Crippen LogP contribution in [0.2, 0.25) is 0 Å². The van der Waals surface area contributed by atoms with Crippen molar-refractivity contribution in [1.29, 1.82) is 0 Å². The average molecular weight is 962 g/mol. The summed E-state index contributed by atoms with van der Waals surface area (Å²) in [5.41, 5.74) is 3.59. The molecule has 15 nitrogen and oxygen atoms in total. The fourth-order valence-corrected chi connectivity index (χ4v) is 10.9. The van der Waals surface area contributed by atoms with E-state index in [1.165, 1.54) is 7.11 Å². The summed E-state index contributed by atoms with van der Waals surface area (Å²) in [5, 5.41) is 29.9. The fraction of sp³-hybridized carbons (Fsp3) is 0.473. The number of allylic oxidation sites excluding steroid dienone is 1. The first-order valence-electron chi connectivity index (χ1n) is 24.7. The van der Waals surface area contributed by atoms with E-state index in [1.54, 1.807) is 55.3 Å². The molecule has 15 heteroatoms. The van der Waals surface area contributed by atoms with Crippen LogP contribution in [0.5, 0.6) is 23.0 Å². The molecule has 2 aliphatic heterocycles. The van der Waals surface area contributed by atoms with Crippen molar-refractivity contribution >= 4 is 34.4 Å². The van der Waals surface area contributed by atoms with E-state index in [-0.39, 0.29) is 62.9 Å². The predicted octanol–water partition coefficient (Wildman–Crippen LogP) is 10.3. The Morgan fingerprint density at radius 3 is 2.50 bits per heavy atom. The molecule has 2 fully saturated rings. The molecule has 0 bridgehead atoms. The van der Waals surface area contributed by atoms with Gasteiger partial charge in [0.15, 0.2) is 0 Å². The van der Waals surface area contributed by atoms with Gasteiger partial charge in [-0.25, -0.2) is 9.59 Å². The number of unbranched alkanes of at least 4 members (excludes halogenated alkanes) is 2. The molecule has 4 aromatic rings. The summed E-state index contributed by atoms with van der Waals surface area (Å²) >= 11 is 0. The van der Waals surface area contributed by atoms with Crippen LogP contribution in [-0.2, 0) is 25.6 Å². The van der Waals surface area contributed by atoms with Crippen molar-refractivity contribution in [2.24, 2.45) is 22.9 Å². The number of ether oxygens (including phenoxy) is 7. The van der Waals surface area contributed by atoms with Crippen LogP contribution < -0.4 is 24.3 Å². The highest BCUT2D eigenvalue weighted by Crippen LogP contribution is 2.62. The summed E-state index contributed by atoms with van der Waals surface area (Å²) in [7, 11) is 3.06. The zero-order valence-electron chi connectivity index (χ0n) is 40.5. The van der Waals surface area contributed by atoms with Gasteiger partial charge in [-0.05, 0) is 110 Å². The number of aliphatic hydroxyl groups excluding tert-OH is 2. The Hall–Kier alpha value is -6.13. The quantitative estimate of drug-likeness (QED) is 0.0410. The molecule has 7 atom stereocenters. The van der Waals surface area contributed by atoms with E-state index < -0.39 is 36.2 Å². The molecular weight excluding hydrogens is 895 g/mol. The minimum atomic E-state index is -1.55. The third-order valence-corrected chi connectivity index (χ3v) is 14.0. The Morgan fingerprint density at radius 2 is 1.74 bits per heavy atom. The van der Waals surface area contributed by atoms with Crippen LogP contribution in [0.1, 0.15) is 88.2 Å². The Kier molecular flexibility index (Phi) is 17.0. The van der Waals surface area contributed by atoms with Crippen LogP contribution in [0.15, 0.2) is 108 Å². The van der Waals surface area contributed by atoms with Gasteiger partial charge < -0.3 is 48.2 Å². The minimum Gasteiger partial charge on any atom is -0.497 e. The number of hydrogen-bond donors (Lipinski definition) is 3. The van der Waals surface area contributed by atoms with Gasteiger partial charge in [0.25, 0.3) is 0 Å². The van der Waals surface area contributed by atoms with E-state index in [0.717, 1.165) is 66.0 Å². The molecule has 374 valence electrons. The second kappa shape index (κ2) is 23.7. The monoisotopic (exact) mass is 961 g/mol. The summed E-state index contributed by atoms with van der Waals surface area (Å²) in [6.45, 7) is 6.89. The molecule has 1 unspecified atom stereocenters. The van der Waals surface area contributed by atoms with Crippen LogP contribution in [-0.4, -0.2) is 98.4 Å². The fourth-order valence-electron chi connectivity index (χ4n) is 10.9. The van der Waals surface area contributed by atoms with Crippen molar-refractivity contribution in [3.8, 4) is 23.0 Å². The van der Waals surface area contributed by atoms with Gasteiger partial charge in [-0.1, -0.05) is 72.6 Å². The molecule has 4 aliphatic rings. The van der Waals surface area contributed by atoms with Gasteiger partial charge in [0.2, 0.25) is 12.1 Å².